The quantitative estimate of drug-likeness (QED) is 0.581. The van der Waals surface area contributed by atoms with Gasteiger partial charge in [-0.3, -0.25) is 9.59 Å². The molecule has 0 unspecified atom stereocenters. The molecule has 1 aromatic rings. The predicted octanol–water partition coefficient (Wildman–Crippen LogP) is 2.65. The average Bonchev–Trinajstić information content (AvgIpc) is 2.27. The summed E-state index contributed by atoms with van der Waals surface area (Å²) in [5.41, 5.74) is 2.83. The summed E-state index contributed by atoms with van der Waals surface area (Å²) in [7, 11) is 0. The Bertz CT molecular complexity index is 403. The lowest BCUT2D eigenvalue weighted by Crippen LogP contribution is -2.03. The molecule has 0 bridgehead atoms. The maximum Gasteiger partial charge on any atom is 0.314 e. The predicted molar refractivity (Wildman–Crippen MR) is 72.3 cm³/mol. The molecule has 4 nitrogen and oxygen atoms in total. The highest BCUT2D eigenvalue weighted by molar-refractivity contribution is 7.80. The highest BCUT2D eigenvalue weighted by Gasteiger charge is 2.01. The lowest BCUT2D eigenvalue weighted by Gasteiger charge is -2.07. The number of rotatable bonds is 4. The fraction of sp³-hybridized carbons (Fsp3) is 0.385. The highest BCUT2D eigenvalue weighted by atomic mass is 32.1. The molecule has 0 fully saturated rings. The second kappa shape index (κ2) is 8.58. The molecule has 0 atom stereocenters. The first-order valence-electron chi connectivity index (χ1n) is 5.65. The number of carboxylic acids is 2. The first-order chi connectivity index (χ1) is 8.42. The van der Waals surface area contributed by atoms with E-state index in [4.69, 9.17) is 10.2 Å². The van der Waals surface area contributed by atoms with Gasteiger partial charge in [-0.2, -0.15) is 0 Å². The molecule has 5 heteroatoms. The first kappa shape index (κ1) is 16.5. The molecule has 100 valence electrons. The van der Waals surface area contributed by atoms with Gasteiger partial charge in [-0.05, 0) is 30.0 Å². The van der Waals surface area contributed by atoms with Crippen LogP contribution in [0.25, 0.3) is 0 Å². The van der Waals surface area contributed by atoms with E-state index in [1.54, 1.807) is 0 Å². The molecule has 0 aliphatic rings. The largest absolute Gasteiger partial charge is 0.481 e. The number of aryl methyl sites for hydroxylation is 1. The van der Waals surface area contributed by atoms with Crippen molar-refractivity contribution in [2.75, 3.05) is 0 Å². The zero-order valence-electron chi connectivity index (χ0n) is 10.5. The van der Waals surface area contributed by atoms with E-state index in [-0.39, 0.29) is 0 Å². The van der Waals surface area contributed by atoms with Crippen molar-refractivity contribution in [3.05, 3.63) is 29.3 Å². The molecule has 1 aromatic carbocycles. The van der Waals surface area contributed by atoms with E-state index in [1.165, 1.54) is 11.1 Å². The number of hydrogen-bond donors (Lipinski definition) is 3. The number of carboxylic acid groups (broad SMARTS) is 2. The molecule has 2 N–H and O–H groups in total. The second-order valence-electron chi connectivity index (χ2n) is 3.59. The highest BCUT2D eigenvalue weighted by Crippen LogP contribution is 2.19. The van der Waals surface area contributed by atoms with Crippen LogP contribution in [-0.2, 0) is 22.4 Å². The number of carbonyl (C=O) groups is 2. The van der Waals surface area contributed by atoms with Crippen molar-refractivity contribution in [3.8, 4) is 0 Å². The van der Waals surface area contributed by atoms with Crippen LogP contribution in [0.4, 0.5) is 0 Å². The Morgan fingerprint density at radius 3 is 1.94 bits per heavy atom. The minimum absolute atomic E-state index is 0.806. The van der Waals surface area contributed by atoms with Crippen LogP contribution in [0.5, 0.6) is 0 Å². The number of benzene rings is 1. The Labute approximate surface area is 112 Å². The van der Waals surface area contributed by atoms with Gasteiger partial charge in [-0.25, -0.2) is 0 Å². The van der Waals surface area contributed by atoms with Gasteiger partial charge in [-0.15, -0.1) is 12.6 Å². The van der Waals surface area contributed by atoms with E-state index >= 15 is 0 Å². The van der Waals surface area contributed by atoms with Crippen molar-refractivity contribution in [1.29, 1.82) is 0 Å². The topological polar surface area (TPSA) is 74.6 Å². The van der Waals surface area contributed by atoms with Crippen molar-refractivity contribution < 1.29 is 19.8 Å². The van der Waals surface area contributed by atoms with Crippen LogP contribution in [0.3, 0.4) is 0 Å². The van der Waals surface area contributed by atoms with Gasteiger partial charge in [0.15, 0.2) is 0 Å². The van der Waals surface area contributed by atoms with Crippen molar-refractivity contribution in [2.45, 2.75) is 38.0 Å². The molecule has 0 aliphatic carbocycles. The lowest BCUT2D eigenvalue weighted by atomic mass is 10.0. The summed E-state index contributed by atoms with van der Waals surface area (Å²) in [5.74, 6) is -2.62. The van der Waals surface area contributed by atoms with E-state index in [1.807, 2.05) is 0 Å². The van der Waals surface area contributed by atoms with Gasteiger partial charge in [0.2, 0.25) is 0 Å². The summed E-state index contributed by atoms with van der Waals surface area (Å²) >= 11 is 4.40. The van der Waals surface area contributed by atoms with Gasteiger partial charge in [-0.1, -0.05) is 26.0 Å². The average molecular weight is 270 g/mol. The molecule has 0 aliphatic heterocycles. The Morgan fingerprint density at radius 1 is 1.11 bits per heavy atom. The van der Waals surface area contributed by atoms with E-state index in [0.717, 1.165) is 17.7 Å². The summed E-state index contributed by atoms with van der Waals surface area (Å²) in [6.45, 7) is 4.36. The normalized spacial score (nSPS) is 9.28. The van der Waals surface area contributed by atoms with Crippen molar-refractivity contribution in [2.24, 2.45) is 0 Å². The van der Waals surface area contributed by atoms with Crippen molar-refractivity contribution in [1.82, 2.24) is 0 Å². The minimum atomic E-state index is -1.31. The third-order valence-corrected chi connectivity index (χ3v) is 2.70. The number of hydrogen-bond acceptors (Lipinski definition) is 3. The minimum Gasteiger partial charge on any atom is -0.481 e. The van der Waals surface area contributed by atoms with Gasteiger partial charge >= 0.3 is 11.9 Å². The lowest BCUT2D eigenvalue weighted by molar-refractivity contribution is -0.147. The van der Waals surface area contributed by atoms with E-state index in [2.05, 4.69) is 44.7 Å². The van der Waals surface area contributed by atoms with Crippen molar-refractivity contribution >= 4 is 24.6 Å². The second-order valence-corrected chi connectivity index (χ2v) is 4.07. The first-order valence-corrected chi connectivity index (χ1v) is 6.10. The smallest absolute Gasteiger partial charge is 0.314 e. The standard InChI is InChI=1S/C10H14S.C3H4O4/c1-3-8-6-5-7-10(11)9(8)4-2;4-2(5)1-3(6)7/h5-7,11H,3-4H2,1-2H3;1H2,(H,4,5)(H,6,7). The van der Waals surface area contributed by atoms with Gasteiger partial charge < -0.3 is 10.2 Å². The van der Waals surface area contributed by atoms with E-state index in [0.29, 0.717) is 0 Å². The summed E-state index contributed by atoms with van der Waals surface area (Å²) in [6.07, 6.45) is 1.39. The third kappa shape index (κ3) is 6.30. The fourth-order valence-electron chi connectivity index (χ4n) is 1.49. The van der Waals surface area contributed by atoms with Gasteiger partial charge in [0, 0.05) is 4.90 Å². The Kier molecular flexibility index (Phi) is 7.87. The van der Waals surface area contributed by atoms with E-state index < -0.39 is 18.4 Å². The third-order valence-electron chi connectivity index (χ3n) is 2.29. The number of thiol groups is 1. The molecule has 0 spiro atoms. The zero-order valence-corrected chi connectivity index (χ0v) is 11.4. The maximum atomic E-state index is 9.43. The molecule has 0 radical (unpaired) electrons. The molecule has 0 saturated carbocycles. The fourth-order valence-corrected chi connectivity index (χ4v) is 1.88. The molecule has 0 saturated heterocycles. The van der Waals surface area contributed by atoms with Crippen LogP contribution in [0.1, 0.15) is 31.4 Å². The summed E-state index contributed by atoms with van der Waals surface area (Å²) < 4.78 is 0. The van der Waals surface area contributed by atoms with Crippen LogP contribution in [0.2, 0.25) is 0 Å². The summed E-state index contributed by atoms with van der Waals surface area (Å²) in [6, 6.07) is 6.31. The Balaban J connectivity index is 0.000000360. The monoisotopic (exact) mass is 270 g/mol. The van der Waals surface area contributed by atoms with E-state index in [9.17, 15) is 9.59 Å². The van der Waals surface area contributed by atoms with Crippen LogP contribution < -0.4 is 0 Å². The van der Waals surface area contributed by atoms with Gasteiger partial charge in [0.1, 0.15) is 6.42 Å². The molecule has 0 heterocycles. The zero-order chi connectivity index (χ0) is 14.1. The van der Waals surface area contributed by atoms with Crippen LogP contribution in [-0.4, -0.2) is 22.2 Å². The molecule has 0 amide bonds. The SMILES string of the molecule is CCc1cccc(S)c1CC.O=C(O)CC(=O)O. The van der Waals surface area contributed by atoms with Gasteiger partial charge in [0.25, 0.3) is 0 Å². The molecule has 0 aromatic heterocycles. The Hall–Kier alpha value is -1.49. The van der Waals surface area contributed by atoms with Crippen LogP contribution >= 0.6 is 12.6 Å². The van der Waals surface area contributed by atoms with Gasteiger partial charge in [0.05, 0.1) is 0 Å². The van der Waals surface area contributed by atoms with Crippen LogP contribution in [0.15, 0.2) is 23.1 Å². The summed E-state index contributed by atoms with van der Waals surface area (Å²) in [4.78, 5) is 20.0. The Morgan fingerprint density at radius 2 is 1.67 bits per heavy atom. The van der Waals surface area contributed by atoms with Crippen molar-refractivity contribution in [3.63, 3.8) is 0 Å². The molecule has 18 heavy (non-hydrogen) atoms. The van der Waals surface area contributed by atoms with Crippen LogP contribution in [0, 0.1) is 0 Å². The number of aliphatic carboxylic acids is 2. The molecular weight excluding hydrogens is 252 g/mol. The molecular formula is C13H18O4S. The molecule has 1 rings (SSSR count). The maximum absolute atomic E-state index is 9.43. The summed E-state index contributed by atoms with van der Waals surface area (Å²) in [5, 5.41) is 15.4.